The molecule has 2 N–H and O–H groups in total. The lowest BCUT2D eigenvalue weighted by Crippen LogP contribution is -2.50. The molecule has 2 atom stereocenters. The number of carboxylic acid groups (broad SMARTS) is 1. The Morgan fingerprint density at radius 3 is 2.45 bits per heavy atom. The predicted molar refractivity (Wildman–Crippen MR) is 76.5 cm³/mol. The minimum Gasteiger partial charge on any atom is -0.481 e. The number of nitrogens with one attached hydrogen (secondary N) is 1. The van der Waals surface area contributed by atoms with E-state index in [1.54, 1.807) is 0 Å². The van der Waals surface area contributed by atoms with Crippen LogP contribution in [-0.4, -0.2) is 41.1 Å². The van der Waals surface area contributed by atoms with Gasteiger partial charge in [-0.05, 0) is 37.5 Å². The molecule has 0 radical (unpaired) electrons. The van der Waals surface area contributed by atoms with Crippen LogP contribution in [0.1, 0.15) is 52.4 Å². The molecular formula is C15H26N2O3. The van der Waals surface area contributed by atoms with Crippen LogP contribution in [0.25, 0.3) is 0 Å². The Morgan fingerprint density at radius 1 is 1.20 bits per heavy atom. The monoisotopic (exact) mass is 282 g/mol. The van der Waals surface area contributed by atoms with Gasteiger partial charge in [-0.1, -0.05) is 20.3 Å². The maximum absolute atomic E-state index is 12.2. The van der Waals surface area contributed by atoms with Gasteiger partial charge < -0.3 is 15.3 Å². The first kappa shape index (κ1) is 15.1. The van der Waals surface area contributed by atoms with Crippen LogP contribution >= 0.6 is 0 Å². The van der Waals surface area contributed by atoms with E-state index in [1.165, 1.54) is 0 Å². The number of rotatable bonds is 2. The molecule has 20 heavy (non-hydrogen) atoms. The fourth-order valence-electron chi connectivity index (χ4n) is 3.13. The summed E-state index contributed by atoms with van der Waals surface area (Å²) in [5.41, 5.74) is 0.329. The number of hydrogen-bond acceptors (Lipinski definition) is 2. The number of carbonyl (C=O) groups is 2. The number of carbonyl (C=O) groups excluding carboxylic acids is 1. The fraction of sp³-hybridized carbons (Fsp3) is 0.867. The van der Waals surface area contributed by atoms with Crippen LogP contribution in [0.5, 0.6) is 0 Å². The average Bonchev–Trinajstić information content (AvgIpc) is 2.38. The molecular weight excluding hydrogens is 256 g/mol. The Bertz CT molecular complexity index is 371. The highest BCUT2D eigenvalue weighted by Gasteiger charge is 2.31. The van der Waals surface area contributed by atoms with Gasteiger partial charge in [-0.25, -0.2) is 4.79 Å². The van der Waals surface area contributed by atoms with Crippen LogP contribution in [-0.2, 0) is 4.79 Å². The maximum atomic E-state index is 12.2. The van der Waals surface area contributed by atoms with Gasteiger partial charge in [0, 0.05) is 19.1 Å². The van der Waals surface area contributed by atoms with Crippen molar-refractivity contribution in [1.82, 2.24) is 10.2 Å². The molecule has 5 nitrogen and oxygen atoms in total. The van der Waals surface area contributed by atoms with Gasteiger partial charge in [-0.3, -0.25) is 4.79 Å². The van der Waals surface area contributed by atoms with Crippen molar-refractivity contribution >= 4 is 12.0 Å². The summed E-state index contributed by atoms with van der Waals surface area (Å²) in [4.78, 5) is 25.1. The van der Waals surface area contributed by atoms with Crippen LogP contribution in [0, 0.1) is 11.3 Å². The van der Waals surface area contributed by atoms with Crippen LogP contribution in [0.3, 0.4) is 0 Å². The minimum absolute atomic E-state index is 0.0171. The smallest absolute Gasteiger partial charge is 0.317 e. The van der Waals surface area contributed by atoms with Gasteiger partial charge in [-0.2, -0.15) is 0 Å². The number of urea groups is 1. The highest BCUT2D eigenvalue weighted by Crippen LogP contribution is 2.30. The summed E-state index contributed by atoms with van der Waals surface area (Å²) in [5, 5.41) is 12.1. The number of hydrogen-bond donors (Lipinski definition) is 2. The van der Waals surface area contributed by atoms with Crippen molar-refractivity contribution < 1.29 is 14.7 Å². The van der Waals surface area contributed by atoms with Gasteiger partial charge in [-0.15, -0.1) is 0 Å². The third-order valence-corrected chi connectivity index (χ3v) is 4.76. The van der Waals surface area contributed by atoms with Gasteiger partial charge in [0.1, 0.15) is 0 Å². The fourth-order valence-corrected chi connectivity index (χ4v) is 3.13. The molecule has 2 rings (SSSR count). The predicted octanol–water partition coefficient (Wildman–Crippen LogP) is 2.46. The van der Waals surface area contributed by atoms with Crippen molar-refractivity contribution in [3.8, 4) is 0 Å². The number of likely N-dealkylation sites (tertiary alicyclic amines) is 1. The van der Waals surface area contributed by atoms with Gasteiger partial charge in [0.2, 0.25) is 0 Å². The molecule has 2 fully saturated rings. The molecule has 1 aliphatic carbocycles. The summed E-state index contributed by atoms with van der Waals surface area (Å²) in [6.07, 6.45) is 5.15. The standard InChI is InChI=1S/C15H26N2O3/c1-15(2)6-8-17(9-7-15)14(20)16-12-5-3-4-11(10-12)13(18)19/h11-12H,3-10H2,1-2H3,(H,16,20)(H,18,19). The highest BCUT2D eigenvalue weighted by atomic mass is 16.4. The summed E-state index contributed by atoms with van der Waals surface area (Å²) < 4.78 is 0. The van der Waals surface area contributed by atoms with Crippen molar-refractivity contribution in [2.24, 2.45) is 11.3 Å². The molecule has 0 spiro atoms. The summed E-state index contributed by atoms with van der Waals surface area (Å²) in [6.45, 7) is 6.07. The van der Waals surface area contributed by atoms with Crippen LogP contribution in [0.15, 0.2) is 0 Å². The van der Waals surface area contributed by atoms with Crippen molar-refractivity contribution in [3.05, 3.63) is 0 Å². The lowest BCUT2D eigenvalue weighted by molar-refractivity contribution is -0.143. The Labute approximate surface area is 120 Å². The maximum Gasteiger partial charge on any atom is 0.317 e. The number of aliphatic carboxylic acids is 1. The summed E-state index contributed by atoms with van der Waals surface area (Å²) >= 11 is 0. The number of carboxylic acids is 1. The molecule has 0 aromatic heterocycles. The largest absolute Gasteiger partial charge is 0.481 e. The SMILES string of the molecule is CC1(C)CCN(C(=O)NC2CCCC(C(=O)O)C2)CC1. The molecule has 1 saturated heterocycles. The van der Waals surface area contributed by atoms with Crippen molar-refractivity contribution in [2.45, 2.75) is 58.4 Å². The van der Waals surface area contributed by atoms with E-state index in [4.69, 9.17) is 5.11 Å². The summed E-state index contributed by atoms with van der Waals surface area (Å²) in [6, 6.07) is 0.00354. The van der Waals surface area contributed by atoms with Crippen molar-refractivity contribution in [3.63, 3.8) is 0 Å². The molecule has 2 unspecified atom stereocenters. The van der Waals surface area contributed by atoms with Crippen molar-refractivity contribution in [2.75, 3.05) is 13.1 Å². The van der Waals surface area contributed by atoms with E-state index in [2.05, 4.69) is 19.2 Å². The number of piperidine rings is 1. The molecule has 0 aromatic carbocycles. The second-order valence-electron chi connectivity index (χ2n) is 7.00. The van der Waals surface area contributed by atoms with E-state index in [-0.39, 0.29) is 18.0 Å². The zero-order valence-electron chi connectivity index (χ0n) is 12.5. The molecule has 1 aliphatic heterocycles. The second kappa shape index (κ2) is 6.02. The van der Waals surface area contributed by atoms with E-state index >= 15 is 0 Å². The first-order chi connectivity index (χ1) is 9.37. The Morgan fingerprint density at radius 2 is 1.85 bits per heavy atom. The zero-order valence-corrected chi connectivity index (χ0v) is 12.5. The highest BCUT2D eigenvalue weighted by molar-refractivity contribution is 5.75. The first-order valence-electron chi connectivity index (χ1n) is 7.66. The third kappa shape index (κ3) is 3.87. The van der Waals surface area contributed by atoms with Gasteiger partial charge in [0.05, 0.1) is 5.92 Å². The minimum atomic E-state index is -0.733. The summed E-state index contributed by atoms with van der Waals surface area (Å²) in [5.74, 6) is -1.03. The van der Waals surface area contributed by atoms with Crippen LogP contribution in [0.2, 0.25) is 0 Å². The lowest BCUT2D eigenvalue weighted by Gasteiger charge is -2.38. The van der Waals surface area contributed by atoms with E-state index < -0.39 is 5.97 Å². The van der Waals surface area contributed by atoms with Crippen LogP contribution < -0.4 is 5.32 Å². The number of nitrogens with zero attached hydrogens (tertiary/aromatic N) is 1. The molecule has 0 bridgehead atoms. The molecule has 1 heterocycles. The van der Waals surface area contributed by atoms with E-state index in [0.717, 1.165) is 45.2 Å². The Hall–Kier alpha value is -1.26. The molecule has 2 aliphatic rings. The van der Waals surface area contributed by atoms with E-state index in [0.29, 0.717) is 11.8 Å². The topological polar surface area (TPSA) is 69.6 Å². The molecule has 5 heteroatoms. The van der Waals surface area contributed by atoms with Gasteiger partial charge >= 0.3 is 12.0 Å². The molecule has 2 amide bonds. The number of amides is 2. The normalized spacial score (nSPS) is 29.8. The Balaban J connectivity index is 1.81. The average molecular weight is 282 g/mol. The lowest BCUT2D eigenvalue weighted by atomic mass is 9.83. The summed E-state index contributed by atoms with van der Waals surface area (Å²) in [7, 11) is 0. The van der Waals surface area contributed by atoms with Crippen molar-refractivity contribution in [1.29, 1.82) is 0 Å². The molecule has 114 valence electrons. The van der Waals surface area contributed by atoms with E-state index in [9.17, 15) is 9.59 Å². The third-order valence-electron chi connectivity index (χ3n) is 4.76. The van der Waals surface area contributed by atoms with Crippen LogP contribution in [0.4, 0.5) is 4.79 Å². The Kier molecular flexibility index (Phi) is 4.55. The quantitative estimate of drug-likeness (QED) is 0.817. The van der Waals surface area contributed by atoms with E-state index in [1.807, 2.05) is 4.90 Å². The molecule has 1 saturated carbocycles. The van der Waals surface area contributed by atoms with Gasteiger partial charge in [0.15, 0.2) is 0 Å². The zero-order chi connectivity index (χ0) is 14.8. The second-order valence-corrected chi connectivity index (χ2v) is 7.00. The first-order valence-corrected chi connectivity index (χ1v) is 7.66. The molecule has 0 aromatic rings. The van der Waals surface area contributed by atoms with Gasteiger partial charge in [0.25, 0.3) is 0 Å².